The molecule has 0 saturated carbocycles. The molecule has 0 fully saturated rings. The maximum absolute atomic E-state index is 11.3. The Labute approximate surface area is 244 Å². The van der Waals surface area contributed by atoms with Crippen molar-refractivity contribution in [3.63, 3.8) is 0 Å². The number of hydrazone groups is 1. The molecule has 6 heteroatoms. The second-order valence-corrected chi connectivity index (χ2v) is 10.2. The van der Waals surface area contributed by atoms with Crippen LogP contribution in [0.15, 0.2) is 108 Å². The molecule has 0 saturated heterocycles. The Morgan fingerprint density at radius 3 is 2.59 bits per heavy atom. The zero-order chi connectivity index (χ0) is 28.9. The molecule has 2 aromatic carbocycles. The number of rotatable bonds is 15. The third kappa shape index (κ3) is 7.89. The summed E-state index contributed by atoms with van der Waals surface area (Å²) in [6.07, 6.45) is 16.3. The van der Waals surface area contributed by atoms with E-state index in [0.29, 0.717) is 6.41 Å². The van der Waals surface area contributed by atoms with Crippen molar-refractivity contribution in [3.8, 4) is 0 Å². The van der Waals surface area contributed by atoms with E-state index in [9.17, 15) is 4.79 Å². The van der Waals surface area contributed by atoms with Gasteiger partial charge in [0.1, 0.15) is 0 Å². The maximum atomic E-state index is 11.3. The van der Waals surface area contributed by atoms with Gasteiger partial charge in [0, 0.05) is 35.9 Å². The smallest absolute Gasteiger partial charge is 0.227 e. The van der Waals surface area contributed by atoms with Crippen LogP contribution in [0.2, 0.25) is 0 Å². The number of hydrogen-bond acceptors (Lipinski definition) is 5. The van der Waals surface area contributed by atoms with Crippen LogP contribution in [0.5, 0.6) is 0 Å². The average Bonchev–Trinajstić information content (AvgIpc) is 3.43. The van der Waals surface area contributed by atoms with Gasteiger partial charge in [-0.25, -0.2) is 5.43 Å². The van der Waals surface area contributed by atoms with Gasteiger partial charge in [0.2, 0.25) is 6.41 Å². The average molecular weight is 548 g/mol. The van der Waals surface area contributed by atoms with Gasteiger partial charge in [0.25, 0.3) is 0 Å². The number of benzene rings is 2. The van der Waals surface area contributed by atoms with Crippen LogP contribution < -0.4 is 15.6 Å². The number of aromatic nitrogens is 1. The van der Waals surface area contributed by atoms with Crippen molar-refractivity contribution < 1.29 is 4.79 Å². The molecular formula is C35H41N5O. The Bertz CT molecular complexity index is 1440. The van der Waals surface area contributed by atoms with Crippen molar-refractivity contribution >= 4 is 34.3 Å². The Morgan fingerprint density at radius 2 is 1.83 bits per heavy atom. The number of allylic oxidation sites excluding steroid dienone is 3. The van der Waals surface area contributed by atoms with Crippen molar-refractivity contribution in [2.24, 2.45) is 5.10 Å². The number of carbonyl (C=O) groups is 1. The van der Waals surface area contributed by atoms with E-state index in [1.165, 1.54) is 29.6 Å². The van der Waals surface area contributed by atoms with Crippen LogP contribution in [0.4, 0.5) is 5.69 Å². The lowest BCUT2D eigenvalue weighted by Gasteiger charge is -2.19. The van der Waals surface area contributed by atoms with Gasteiger partial charge in [-0.3, -0.25) is 9.78 Å². The van der Waals surface area contributed by atoms with E-state index in [1.807, 2.05) is 38.4 Å². The van der Waals surface area contributed by atoms with Crippen molar-refractivity contribution in [2.45, 2.75) is 39.0 Å². The number of nitrogens with zero attached hydrogens (tertiary/aromatic N) is 3. The number of carbonyl (C=O) groups excluding carboxylic acids is 1. The fourth-order valence-corrected chi connectivity index (χ4v) is 5.33. The number of unbranched alkanes of at least 4 members (excludes halogenated alkanes) is 3. The molecule has 0 bridgehead atoms. The SMILES string of the molecule is C=CC1=C(/C=C\C)CN(c2ccc(C(/C=C(\CCCCCCNC)c3cccc4ncccc34)=N/NC=O)cc2)C1. The van der Waals surface area contributed by atoms with E-state index in [-0.39, 0.29) is 0 Å². The van der Waals surface area contributed by atoms with Crippen LogP contribution in [0.25, 0.3) is 16.5 Å². The zero-order valence-corrected chi connectivity index (χ0v) is 24.3. The molecule has 6 nitrogen and oxygen atoms in total. The van der Waals surface area contributed by atoms with Gasteiger partial charge < -0.3 is 10.2 Å². The summed E-state index contributed by atoms with van der Waals surface area (Å²) >= 11 is 0. The topological polar surface area (TPSA) is 69.6 Å². The molecule has 0 unspecified atom stereocenters. The van der Waals surface area contributed by atoms with Crippen LogP contribution >= 0.6 is 0 Å². The highest BCUT2D eigenvalue weighted by molar-refractivity contribution is 6.13. The fraction of sp³-hybridized carbons (Fsp3) is 0.286. The van der Waals surface area contributed by atoms with Gasteiger partial charge in [-0.2, -0.15) is 5.10 Å². The predicted molar refractivity (Wildman–Crippen MR) is 173 cm³/mol. The summed E-state index contributed by atoms with van der Waals surface area (Å²) in [6.45, 7) is 8.77. The third-order valence-corrected chi connectivity index (χ3v) is 7.44. The van der Waals surface area contributed by atoms with Crippen molar-refractivity contribution in [3.05, 3.63) is 114 Å². The molecule has 3 aromatic rings. The summed E-state index contributed by atoms with van der Waals surface area (Å²) < 4.78 is 0. The minimum absolute atomic E-state index is 0.612. The Kier molecular flexibility index (Phi) is 11.2. The largest absolute Gasteiger partial charge is 0.363 e. The van der Waals surface area contributed by atoms with Gasteiger partial charge >= 0.3 is 0 Å². The number of fused-ring (bicyclic) bond motifs is 1. The van der Waals surface area contributed by atoms with E-state index in [0.717, 1.165) is 72.3 Å². The van der Waals surface area contributed by atoms with E-state index < -0.39 is 0 Å². The molecule has 1 amide bonds. The second-order valence-electron chi connectivity index (χ2n) is 10.2. The standard InChI is InChI=1S/C35H41N5O/c1-4-12-30-25-40(24-27(30)5-2)31-19-17-28(18-20-31)35(39-38-26-41)23-29(13-8-6-7-9-21-36-3)32-14-10-16-34-33(32)15-11-22-37-34/h4-5,10-12,14-20,22-23,26,36H,2,6-9,13,21,24-25H2,1,3H3,(H,38,41)/b12-4-,29-23+,39-35+. The highest BCUT2D eigenvalue weighted by atomic mass is 16.1. The van der Waals surface area contributed by atoms with Crippen LogP contribution in [0, 0.1) is 0 Å². The Balaban J connectivity index is 1.64. The number of anilines is 1. The van der Waals surface area contributed by atoms with Gasteiger partial charge in [0.05, 0.1) is 11.2 Å². The van der Waals surface area contributed by atoms with E-state index in [2.05, 4.69) is 93.0 Å². The van der Waals surface area contributed by atoms with E-state index in [4.69, 9.17) is 0 Å². The Hall–Kier alpha value is -4.29. The van der Waals surface area contributed by atoms with Crippen LogP contribution in [-0.2, 0) is 4.79 Å². The molecule has 1 aromatic heterocycles. The summed E-state index contributed by atoms with van der Waals surface area (Å²) in [5.41, 5.74) is 11.2. The van der Waals surface area contributed by atoms with Crippen molar-refractivity contribution in [2.75, 3.05) is 31.6 Å². The highest BCUT2D eigenvalue weighted by Gasteiger charge is 2.19. The summed E-state index contributed by atoms with van der Waals surface area (Å²) in [6, 6.07) is 18.8. The molecular weight excluding hydrogens is 506 g/mol. The maximum Gasteiger partial charge on any atom is 0.227 e. The van der Waals surface area contributed by atoms with Gasteiger partial charge in [-0.05, 0) is 92.4 Å². The molecule has 1 aliphatic rings. The van der Waals surface area contributed by atoms with Crippen LogP contribution in [-0.4, -0.2) is 43.8 Å². The van der Waals surface area contributed by atoms with E-state index >= 15 is 0 Å². The lowest BCUT2D eigenvalue weighted by atomic mass is 9.93. The molecule has 0 aliphatic carbocycles. The first-order chi connectivity index (χ1) is 20.2. The minimum Gasteiger partial charge on any atom is -0.363 e. The number of nitrogens with one attached hydrogen (secondary N) is 2. The lowest BCUT2D eigenvalue weighted by Crippen LogP contribution is -2.20. The molecule has 0 radical (unpaired) electrons. The number of hydrogen-bond donors (Lipinski definition) is 2. The quantitative estimate of drug-likeness (QED) is 0.0948. The Morgan fingerprint density at radius 1 is 1.02 bits per heavy atom. The summed E-state index contributed by atoms with van der Waals surface area (Å²) in [5, 5.41) is 8.82. The van der Waals surface area contributed by atoms with Crippen LogP contribution in [0.1, 0.15) is 50.2 Å². The van der Waals surface area contributed by atoms with E-state index in [1.54, 1.807) is 0 Å². The first-order valence-corrected chi connectivity index (χ1v) is 14.5. The van der Waals surface area contributed by atoms with Crippen LogP contribution in [0.3, 0.4) is 0 Å². The van der Waals surface area contributed by atoms with Crippen molar-refractivity contribution in [1.29, 1.82) is 0 Å². The first-order valence-electron chi connectivity index (χ1n) is 14.5. The molecule has 1 aliphatic heterocycles. The number of amides is 1. The zero-order valence-electron chi connectivity index (χ0n) is 24.3. The highest BCUT2D eigenvalue weighted by Crippen LogP contribution is 2.30. The summed E-state index contributed by atoms with van der Waals surface area (Å²) in [7, 11) is 2.00. The molecule has 4 rings (SSSR count). The molecule has 212 valence electrons. The van der Waals surface area contributed by atoms with Gasteiger partial charge in [-0.1, -0.05) is 68.0 Å². The molecule has 2 N–H and O–H groups in total. The summed E-state index contributed by atoms with van der Waals surface area (Å²) in [4.78, 5) is 18.2. The van der Waals surface area contributed by atoms with Gasteiger partial charge in [0.15, 0.2) is 0 Å². The monoisotopic (exact) mass is 547 g/mol. The number of pyridine rings is 1. The van der Waals surface area contributed by atoms with Crippen molar-refractivity contribution in [1.82, 2.24) is 15.7 Å². The lowest BCUT2D eigenvalue weighted by molar-refractivity contribution is -0.109. The second kappa shape index (κ2) is 15.5. The normalized spacial score (nSPS) is 14.3. The molecule has 2 heterocycles. The first kappa shape index (κ1) is 29.7. The molecule has 41 heavy (non-hydrogen) atoms. The van der Waals surface area contributed by atoms with Gasteiger partial charge in [-0.15, -0.1) is 0 Å². The minimum atomic E-state index is 0.612. The fourth-order valence-electron chi connectivity index (χ4n) is 5.33. The molecule has 0 spiro atoms. The predicted octanol–water partition coefficient (Wildman–Crippen LogP) is 6.82. The third-order valence-electron chi connectivity index (χ3n) is 7.44. The summed E-state index contributed by atoms with van der Waals surface area (Å²) in [5.74, 6) is 0. The molecule has 0 atom stereocenters.